The number of hydrogen-bond acceptors (Lipinski definition) is 7. The van der Waals surface area contributed by atoms with Crippen molar-refractivity contribution in [2.24, 2.45) is 0 Å². The van der Waals surface area contributed by atoms with Crippen LogP contribution in [0.1, 0.15) is 5.56 Å². The minimum Gasteiger partial charge on any atom is -0.493 e. The van der Waals surface area contributed by atoms with Crippen LogP contribution >= 0.6 is 24.8 Å². The first-order valence-corrected chi connectivity index (χ1v) is 10.3. The summed E-state index contributed by atoms with van der Waals surface area (Å²) in [7, 11) is 4.69. The summed E-state index contributed by atoms with van der Waals surface area (Å²) in [5, 5.41) is 10.4. The van der Waals surface area contributed by atoms with Gasteiger partial charge in [-0.05, 0) is 29.8 Å². The number of rotatable bonds is 10. The molecule has 1 fully saturated rings. The molecule has 0 spiro atoms. The van der Waals surface area contributed by atoms with Crippen molar-refractivity contribution in [3.05, 3.63) is 47.8 Å². The Bertz CT molecular complexity index is 828. The van der Waals surface area contributed by atoms with Crippen molar-refractivity contribution < 1.29 is 28.4 Å². The van der Waals surface area contributed by atoms with Gasteiger partial charge in [-0.15, -0.1) is 24.8 Å². The number of benzene rings is 2. The standard InChI is InChI=1S/C23H31FN2O5.2ClH/c1-28-21-12-17(13-22(29-2)23(21)30-3)15-31-16-18(27)14-25-8-10-26(11-9-25)20-7-5-4-6-19(20)24;;/h4-7,12-13,18,27H,8-11,14-16H2,1-3H3;2*1H. The number of methoxy groups -OCH3 is 3. The highest BCUT2D eigenvalue weighted by atomic mass is 35.5. The van der Waals surface area contributed by atoms with Crippen LogP contribution in [-0.4, -0.2) is 76.8 Å². The smallest absolute Gasteiger partial charge is 0.203 e. The van der Waals surface area contributed by atoms with Gasteiger partial charge in [0.05, 0.1) is 46.3 Å². The molecule has 1 heterocycles. The number of β-amino-alcohol motifs (C(OH)–C–C–N with tert-alkyl or cyclic N) is 1. The first-order valence-electron chi connectivity index (χ1n) is 10.3. The van der Waals surface area contributed by atoms with Crippen molar-refractivity contribution in [1.82, 2.24) is 4.90 Å². The average molecular weight is 507 g/mol. The Hall–Kier alpha value is -1.97. The van der Waals surface area contributed by atoms with E-state index < -0.39 is 6.10 Å². The fourth-order valence-corrected chi connectivity index (χ4v) is 3.76. The molecule has 7 nitrogen and oxygen atoms in total. The van der Waals surface area contributed by atoms with E-state index in [4.69, 9.17) is 18.9 Å². The third kappa shape index (κ3) is 7.79. The van der Waals surface area contributed by atoms with Gasteiger partial charge in [0, 0.05) is 32.7 Å². The third-order valence-corrected chi connectivity index (χ3v) is 5.34. The fourth-order valence-electron chi connectivity index (χ4n) is 3.76. The summed E-state index contributed by atoms with van der Waals surface area (Å²) < 4.78 is 35.7. The molecular formula is C23H33Cl2FN2O5. The molecule has 1 N–H and O–H groups in total. The SMILES string of the molecule is COc1cc(COCC(O)CN2CCN(c3ccccc3F)CC2)cc(OC)c1OC.Cl.Cl. The van der Waals surface area contributed by atoms with Gasteiger partial charge >= 0.3 is 0 Å². The Labute approximate surface area is 207 Å². The molecule has 10 heteroatoms. The highest BCUT2D eigenvalue weighted by molar-refractivity contribution is 5.85. The van der Waals surface area contributed by atoms with Crippen molar-refractivity contribution in [2.45, 2.75) is 12.7 Å². The Morgan fingerprint density at radius 2 is 1.55 bits per heavy atom. The van der Waals surface area contributed by atoms with E-state index in [0.29, 0.717) is 36.1 Å². The van der Waals surface area contributed by atoms with Gasteiger partial charge < -0.3 is 29.0 Å². The molecule has 33 heavy (non-hydrogen) atoms. The number of hydrogen-bond donors (Lipinski definition) is 1. The van der Waals surface area contributed by atoms with Gasteiger partial charge in [0.2, 0.25) is 5.75 Å². The van der Waals surface area contributed by atoms with E-state index in [2.05, 4.69) is 4.90 Å². The lowest BCUT2D eigenvalue weighted by Crippen LogP contribution is -2.49. The second-order valence-electron chi connectivity index (χ2n) is 7.44. The number of aliphatic hydroxyl groups is 1. The minimum absolute atomic E-state index is 0. The van der Waals surface area contributed by atoms with E-state index in [1.807, 2.05) is 23.1 Å². The van der Waals surface area contributed by atoms with Crippen LogP contribution in [-0.2, 0) is 11.3 Å². The largest absolute Gasteiger partial charge is 0.493 e. The van der Waals surface area contributed by atoms with Crippen molar-refractivity contribution in [3.63, 3.8) is 0 Å². The zero-order valence-electron chi connectivity index (χ0n) is 19.2. The number of para-hydroxylation sites is 1. The van der Waals surface area contributed by atoms with Crippen molar-refractivity contribution >= 4 is 30.5 Å². The van der Waals surface area contributed by atoms with Gasteiger partial charge in [0.25, 0.3) is 0 Å². The van der Waals surface area contributed by atoms with Crippen LogP contribution in [0.15, 0.2) is 36.4 Å². The number of halogens is 3. The fraction of sp³-hybridized carbons (Fsp3) is 0.478. The lowest BCUT2D eigenvalue weighted by molar-refractivity contribution is 0.00903. The number of ether oxygens (including phenoxy) is 4. The second-order valence-corrected chi connectivity index (χ2v) is 7.44. The summed E-state index contributed by atoms with van der Waals surface area (Å²) in [5.41, 5.74) is 1.50. The molecular weight excluding hydrogens is 474 g/mol. The van der Waals surface area contributed by atoms with Crippen molar-refractivity contribution in [3.8, 4) is 17.2 Å². The van der Waals surface area contributed by atoms with Crippen LogP contribution in [0.5, 0.6) is 17.2 Å². The number of aliphatic hydroxyl groups excluding tert-OH is 1. The van der Waals surface area contributed by atoms with Crippen LogP contribution in [0.25, 0.3) is 0 Å². The maximum absolute atomic E-state index is 14.0. The zero-order chi connectivity index (χ0) is 22.2. The van der Waals surface area contributed by atoms with Gasteiger partial charge in [-0.1, -0.05) is 12.1 Å². The molecule has 2 aromatic carbocycles. The molecule has 1 unspecified atom stereocenters. The molecule has 2 aromatic rings. The molecule has 1 aliphatic rings. The maximum Gasteiger partial charge on any atom is 0.203 e. The molecule has 0 aromatic heterocycles. The van der Waals surface area contributed by atoms with Gasteiger partial charge in [-0.3, -0.25) is 4.90 Å². The number of anilines is 1. The lowest BCUT2D eigenvalue weighted by Gasteiger charge is -2.37. The summed E-state index contributed by atoms with van der Waals surface area (Å²) in [5.74, 6) is 1.46. The monoisotopic (exact) mass is 506 g/mol. The molecule has 0 aliphatic carbocycles. The topological polar surface area (TPSA) is 63.6 Å². The summed E-state index contributed by atoms with van der Waals surface area (Å²) in [6.45, 7) is 4.01. The van der Waals surface area contributed by atoms with Gasteiger partial charge in [-0.2, -0.15) is 0 Å². The predicted octanol–water partition coefficient (Wildman–Crippen LogP) is 3.39. The van der Waals surface area contributed by atoms with Crippen molar-refractivity contribution in [1.29, 1.82) is 0 Å². The van der Waals surface area contributed by atoms with Crippen LogP contribution in [0, 0.1) is 5.82 Å². The Morgan fingerprint density at radius 3 is 2.09 bits per heavy atom. The first-order chi connectivity index (χ1) is 15.0. The number of nitrogens with zero attached hydrogens (tertiary/aromatic N) is 2. The van der Waals surface area contributed by atoms with E-state index in [0.717, 1.165) is 31.7 Å². The van der Waals surface area contributed by atoms with Crippen LogP contribution < -0.4 is 19.1 Å². The van der Waals surface area contributed by atoms with Crippen LogP contribution in [0.4, 0.5) is 10.1 Å². The highest BCUT2D eigenvalue weighted by Crippen LogP contribution is 2.38. The third-order valence-electron chi connectivity index (χ3n) is 5.34. The van der Waals surface area contributed by atoms with Gasteiger partial charge in [-0.25, -0.2) is 4.39 Å². The van der Waals surface area contributed by atoms with E-state index in [9.17, 15) is 9.50 Å². The molecule has 186 valence electrons. The molecule has 0 saturated carbocycles. The molecule has 0 amide bonds. The quantitative estimate of drug-likeness (QED) is 0.529. The Morgan fingerprint density at radius 1 is 0.939 bits per heavy atom. The average Bonchev–Trinajstić information content (AvgIpc) is 2.79. The minimum atomic E-state index is -0.609. The van der Waals surface area contributed by atoms with Crippen LogP contribution in [0.3, 0.4) is 0 Å². The summed E-state index contributed by atoms with van der Waals surface area (Å²) in [4.78, 5) is 4.21. The van der Waals surface area contributed by atoms with E-state index in [-0.39, 0.29) is 37.2 Å². The predicted molar refractivity (Wildman–Crippen MR) is 131 cm³/mol. The number of piperazine rings is 1. The van der Waals surface area contributed by atoms with Crippen LogP contribution in [0.2, 0.25) is 0 Å². The Kier molecular flexibility index (Phi) is 12.6. The molecule has 0 bridgehead atoms. The summed E-state index contributed by atoms with van der Waals surface area (Å²) in [6, 6.07) is 10.5. The molecule has 0 radical (unpaired) electrons. The Balaban J connectivity index is 0.00000272. The van der Waals surface area contributed by atoms with E-state index in [1.54, 1.807) is 33.5 Å². The molecule has 3 rings (SSSR count). The summed E-state index contributed by atoms with van der Waals surface area (Å²) in [6.07, 6.45) is -0.609. The first kappa shape index (κ1) is 29.1. The van der Waals surface area contributed by atoms with Gasteiger partial charge in [0.1, 0.15) is 5.82 Å². The van der Waals surface area contributed by atoms with Gasteiger partial charge in [0.15, 0.2) is 11.5 Å². The normalized spacial score (nSPS) is 14.6. The molecule has 1 saturated heterocycles. The maximum atomic E-state index is 14.0. The summed E-state index contributed by atoms with van der Waals surface area (Å²) >= 11 is 0. The van der Waals surface area contributed by atoms with E-state index >= 15 is 0 Å². The highest BCUT2D eigenvalue weighted by Gasteiger charge is 2.21. The second kappa shape index (κ2) is 14.3. The molecule has 1 atom stereocenters. The van der Waals surface area contributed by atoms with Crippen molar-refractivity contribution in [2.75, 3.05) is 65.6 Å². The zero-order valence-corrected chi connectivity index (χ0v) is 20.8. The van der Waals surface area contributed by atoms with E-state index in [1.165, 1.54) is 6.07 Å². The lowest BCUT2D eigenvalue weighted by atomic mass is 10.2. The molecule has 1 aliphatic heterocycles.